The summed E-state index contributed by atoms with van der Waals surface area (Å²) in [5.74, 6) is -0.345. The Kier molecular flexibility index (Phi) is 2.34. The van der Waals surface area contributed by atoms with Crippen molar-refractivity contribution in [3.05, 3.63) is 59.5 Å². The van der Waals surface area contributed by atoms with Gasteiger partial charge in [0.05, 0.1) is 5.52 Å². The highest BCUT2D eigenvalue weighted by Crippen LogP contribution is 2.26. The van der Waals surface area contributed by atoms with Gasteiger partial charge in [0.1, 0.15) is 16.7 Å². The van der Waals surface area contributed by atoms with Crippen LogP contribution in [0.5, 0.6) is 0 Å². The predicted octanol–water partition coefficient (Wildman–Crippen LogP) is 3.82. The van der Waals surface area contributed by atoms with E-state index in [1.165, 1.54) is 10.7 Å². The number of nitrogens with zero attached hydrogens (tertiary/aromatic N) is 2. The van der Waals surface area contributed by atoms with Gasteiger partial charge in [0.15, 0.2) is 0 Å². The average molecular weight is 247 g/mol. The fourth-order valence-corrected chi connectivity index (χ4v) is 2.07. The monoisotopic (exact) mass is 246 g/mol. The van der Waals surface area contributed by atoms with Gasteiger partial charge in [-0.1, -0.05) is 35.9 Å². The molecule has 0 saturated carbocycles. The maximum Gasteiger partial charge on any atom is 0.148 e. The molecule has 0 N–H and O–H groups in total. The maximum atomic E-state index is 13.7. The van der Waals surface area contributed by atoms with Crippen LogP contribution in [0.2, 0.25) is 5.15 Å². The zero-order valence-electron chi connectivity index (χ0n) is 8.77. The van der Waals surface area contributed by atoms with Crippen molar-refractivity contribution in [3.8, 4) is 5.69 Å². The lowest BCUT2D eigenvalue weighted by Crippen LogP contribution is -1.99. The van der Waals surface area contributed by atoms with Gasteiger partial charge in [0.2, 0.25) is 0 Å². The Hall–Kier alpha value is -1.87. The lowest BCUT2D eigenvalue weighted by molar-refractivity contribution is 0.612. The highest BCUT2D eigenvalue weighted by molar-refractivity contribution is 6.34. The van der Waals surface area contributed by atoms with Crippen LogP contribution < -0.4 is 0 Å². The summed E-state index contributed by atoms with van der Waals surface area (Å²) in [6.45, 7) is 0. The summed E-state index contributed by atoms with van der Waals surface area (Å²) in [4.78, 5) is 0. The molecule has 0 saturated heterocycles. The number of aromatic nitrogens is 2. The van der Waals surface area contributed by atoms with Crippen LogP contribution in [0.4, 0.5) is 4.39 Å². The van der Waals surface area contributed by atoms with Crippen LogP contribution in [-0.4, -0.2) is 9.78 Å². The minimum absolute atomic E-state index is 0.345. The van der Waals surface area contributed by atoms with Crippen molar-refractivity contribution in [1.29, 1.82) is 0 Å². The molecule has 0 unspecified atom stereocenters. The van der Waals surface area contributed by atoms with E-state index in [-0.39, 0.29) is 5.82 Å². The van der Waals surface area contributed by atoms with E-state index in [0.29, 0.717) is 10.8 Å². The van der Waals surface area contributed by atoms with Gasteiger partial charge in [0.25, 0.3) is 0 Å². The number of para-hydroxylation sites is 1. The molecule has 0 spiro atoms. The fourth-order valence-electron chi connectivity index (χ4n) is 1.78. The first-order chi connectivity index (χ1) is 8.27. The van der Waals surface area contributed by atoms with Gasteiger partial charge in [0, 0.05) is 5.39 Å². The van der Waals surface area contributed by atoms with Gasteiger partial charge in [-0.05, 0) is 24.3 Å². The average Bonchev–Trinajstić information content (AvgIpc) is 2.68. The predicted molar refractivity (Wildman–Crippen MR) is 66.0 cm³/mol. The van der Waals surface area contributed by atoms with Crippen LogP contribution in [0, 0.1) is 5.82 Å². The molecule has 2 aromatic carbocycles. The maximum absolute atomic E-state index is 13.7. The van der Waals surface area contributed by atoms with Crippen LogP contribution in [0.25, 0.3) is 16.6 Å². The van der Waals surface area contributed by atoms with Crippen molar-refractivity contribution in [2.24, 2.45) is 0 Å². The Labute approximate surface area is 102 Å². The van der Waals surface area contributed by atoms with Crippen molar-refractivity contribution < 1.29 is 4.39 Å². The molecule has 1 aromatic heterocycles. The molecule has 3 aromatic rings. The molecule has 0 fully saturated rings. The molecular formula is C13H8ClFN2. The second-order valence-corrected chi connectivity index (χ2v) is 4.03. The zero-order chi connectivity index (χ0) is 11.8. The molecule has 0 aliphatic carbocycles. The number of hydrogen-bond acceptors (Lipinski definition) is 1. The van der Waals surface area contributed by atoms with E-state index in [4.69, 9.17) is 11.6 Å². The molecule has 0 atom stereocenters. The summed E-state index contributed by atoms with van der Waals surface area (Å²) in [6, 6.07) is 13.9. The SMILES string of the molecule is Fc1ccccc1-n1nc2ccccc2c1Cl. The quantitative estimate of drug-likeness (QED) is 0.638. The summed E-state index contributed by atoms with van der Waals surface area (Å²) >= 11 is 6.20. The molecule has 0 aliphatic rings. The second kappa shape index (κ2) is 3.86. The first-order valence-corrected chi connectivity index (χ1v) is 5.53. The molecule has 17 heavy (non-hydrogen) atoms. The standard InChI is InChI=1S/C13H8ClFN2/c14-13-9-5-1-3-7-11(9)16-17(13)12-8-4-2-6-10(12)15/h1-8H. The van der Waals surface area contributed by atoms with Gasteiger partial charge < -0.3 is 0 Å². The normalized spacial score (nSPS) is 10.9. The largest absolute Gasteiger partial charge is 0.218 e. The highest BCUT2D eigenvalue weighted by Gasteiger charge is 2.12. The van der Waals surface area contributed by atoms with Gasteiger partial charge in [-0.3, -0.25) is 0 Å². The van der Waals surface area contributed by atoms with Gasteiger partial charge >= 0.3 is 0 Å². The Bertz CT molecular complexity index is 691. The Morgan fingerprint density at radius 1 is 1.00 bits per heavy atom. The topological polar surface area (TPSA) is 17.8 Å². The molecule has 0 bridgehead atoms. The zero-order valence-corrected chi connectivity index (χ0v) is 9.53. The van der Waals surface area contributed by atoms with Gasteiger partial charge in [-0.2, -0.15) is 5.10 Å². The molecule has 2 nitrogen and oxygen atoms in total. The molecule has 3 rings (SSSR count). The van der Waals surface area contributed by atoms with Crippen molar-refractivity contribution in [1.82, 2.24) is 9.78 Å². The summed E-state index contributed by atoms with van der Waals surface area (Å²) in [7, 11) is 0. The van der Waals surface area contributed by atoms with Crippen LogP contribution >= 0.6 is 11.6 Å². The van der Waals surface area contributed by atoms with Crippen molar-refractivity contribution in [3.63, 3.8) is 0 Å². The molecule has 0 radical (unpaired) electrons. The number of halogens is 2. The summed E-state index contributed by atoms with van der Waals surface area (Å²) in [5, 5.41) is 5.53. The van der Waals surface area contributed by atoms with E-state index in [1.54, 1.807) is 18.2 Å². The number of hydrogen-bond donors (Lipinski definition) is 0. The van der Waals surface area contributed by atoms with E-state index in [1.807, 2.05) is 24.3 Å². The van der Waals surface area contributed by atoms with Crippen molar-refractivity contribution >= 4 is 22.5 Å². The molecule has 84 valence electrons. The number of benzene rings is 2. The van der Waals surface area contributed by atoms with Crippen molar-refractivity contribution in [2.75, 3.05) is 0 Å². The smallest absolute Gasteiger partial charge is 0.148 e. The molecule has 0 aliphatic heterocycles. The highest BCUT2D eigenvalue weighted by atomic mass is 35.5. The van der Waals surface area contributed by atoms with E-state index < -0.39 is 0 Å². The molecule has 4 heteroatoms. The van der Waals surface area contributed by atoms with Gasteiger partial charge in [-0.25, -0.2) is 9.07 Å². The third-order valence-electron chi connectivity index (χ3n) is 2.60. The second-order valence-electron chi connectivity index (χ2n) is 3.67. The molecular weight excluding hydrogens is 239 g/mol. The Morgan fingerprint density at radius 2 is 1.71 bits per heavy atom. The van der Waals surface area contributed by atoms with E-state index >= 15 is 0 Å². The summed E-state index contributed by atoms with van der Waals surface area (Å²) < 4.78 is 15.1. The van der Waals surface area contributed by atoms with Crippen LogP contribution in [0.1, 0.15) is 0 Å². The third-order valence-corrected chi connectivity index (χ3v) is 2.96. The fraction of sp³-hybridized carbons (Fsp3) is 0. The summed E-state index contributed by atoms with van der Waals surface area (Å²) in [6.07, 6.45) is 0. The lowest BCUT2D eigenvalue weighted by Gasteiger charge is -2.03. The number of rotatable bonds is 1. The minimum Gasteiger partial charge on any atom is -0.218 e. The first kappa shape index (κ1) is 10.3. The number of fused-ring (bicyclic) bond motifs is 1. The van der Waals surface area contributed by atoms with Gasteiger partial charge in [-0.15, -0.1) is 0 Å². The van der Waals surface area contributed by atoms with E-state index in [2.05, 4.69) is 5.10 Å². The minimum atomic E-state index is -0.345. The summed E-state index contributed by atoms with van der Waals surface area (Å²) in [5.41, 5.74) is 1.11. The van der Waals surface area contributed by atoms with Crippen molar-refractivity contribution in [2.45, 2.75) is 0 Å². The molecule has 0 amide bonds. The van der Waals surface area contributed by atoms with Crippen LogP contribution in [0.3, 0.4) is 0 Å². The van der Waals surface area contributed by atoms with Crippen LogP contribution in [0.15, 0.2) is 48.5 Å². The Balaban J connectivity index is 2.32. The first-order valence-electron chi connectivity index (χ1n) is 5.15. The lowest BCUT2D eigenvalue weighted by atomic mass is 10.2. The van der Waals surface area contributed by atoms with Crippen LogP contribution in [-0.2, 0) is 0 Å². The Morgan fingerprint density at radius 3 is 2.47 bits per heavy atom. The third kappa shape index (κ3) is 1.59. The van der Waals surface area contributed by atoms with E-state index in [9.17, 15) is 4.39 Å². The van der Waals surface area contributed by atoms with E-state index in [0.717, 1.165) is 10.9 Å². The molecule has 1 heterocycles.